The van der Waals surface area contributed by atoms with Crippen LogP contribution < -0.4 is 5.32 Å². The fourth-order valence-corrected chi connectivity index (χ4v) is 2.69. The monoisotopic (exact) mass is 285 g/mol. The highest BCUT2D eigenvalue weighted by atomic mass is 15.1. The number of imidazole rings is 1. The summed E-state index contributed by atoms with van der Waals surface area (Å²) in [5.74, 6) is 1.60. The van der Waals surface area contributed by atoms with Crippen LogP contribution in [0.15, 0.2) is 36.7 Å². The molecule has 3 heteroatoms. The van der Waals surface area contributed by atoms with Crippen LogP contribution in [0.1, 0.15) is 56.6 Å². The molecule has 1 unspecified atom stereocenters. The van der Waals surface area contributed by atoms with Gasteiger partial charge in [0.1, 0.15) is 5.82 Å². The molecular weight excluding hydrogens is 258 g/mol. The highest BCUT2D eigenvalue weighted by molar-refractivity contribution is 5.25. The zero-order valence-corrected chi connectivity index (χ0v) is 13.6. The van der Waals surface area contributed by atoms with E-state index in [1.54, 1.807) is 0 Å². The van der Waals surface area contributed by atoms with Gasteiger partial charge in [0.2, 0.25) is 0 Å². The van der Waals surface area contributed by atoms with Crippen LogP contribution in [0.25, 0.3) is 0 Å². The Kier molecular flexibility index (Phi) is 5.57. The first-order chi connectivity index (χ1) is 10.2. The van der Waals surface area contributed by atoms with Gasteiger partial charge in [0.25, 0.3) is 0 Å². The summed E-state index contributed by atoms with van der Waals surface area (Å²) >= 11 is 0. The highest BCUT2D eigenvalue weighted by Gasteiger charge is 2.14. The molecule has 21 heavy (non-hydrogen) atoms. The molecule has 0 saturated carbocycles. The predicted octanol–water partition coefficient (Wildman–Crippen LogP) is 3.92. The maximum absolute atomic E-state index is 4.49. The largest absolute Gasteiger partial charge is 0.333 e. The standard InChI is InChI=1S/C18H27N3/c1-5-15-7-9-16(10-8-15)17(19-6-2)13-21-12-11-20-18(21)14(3)4/h7-12,14,17,19H,5-6,13H2,1-4H3. The lowest BCUT2D eigenvalue weighted by atomic mass is 10.0. The van der Waals surface area contributed by atoms with Crippen molar-refractivity contribution in [3.8, 4) is 0 Å². The summed E-state index contributed by atoms with van der Waals surface area (Å²) in [5.41, 5.74) is 2.73. The van der Waals surface area contributed by atoms with Gasteiger partial charge in [0.15, 0.2) is 0 Å². The number of aromatic nitrogens is 2. The van der Waals surface area contributed by atoms with E-state index >= 15 is 0 Å². The number of hydrogen-bond acceptors (Lipinski definition) is 2. The molecule has 1 atom stereocenters. The van der Waals surface area contributed by atoms with Gasteiger partial charge in [-0.15, -0.1) is 0 Å². The van der Waals surface area contributed by atoms with Gasteiger partial charge in [-0.1, -0.05) is 52.0 Å². The Hall–Kier alpha value is -1.61. The second kappa shape index (κ2) is 7.41. The molecule has 2 rings (SSSR count). The van der Waals surface area contributed by atoms with Gasteiger partial charge in [-0.05, 0) is 24.1 Å². The average molecular weight is 285 g/mol. The Morgan fingerprint density at radius 1 is 1.14 bits per heavy atom. The average Bonchev–Trinajstić information content (AvgIpc) is 2.95. The lowest BCUT2D eigenvalue weighted by Crippen LogP contribution is -2.26. The fourth-order valence-electron chi connectivity index (χ4n) is 2.69. The van der Waals surface area contributed by atoms with Crippen LogP contribution in [-0.4, -0.2) is 16.1 Å². The Labute approximate surface area is 128 Å². The van der Waals surface area contributed by atoms with Gasteiger partial charge < -0.3 is 9.88 Å². The summed E-state index contributed by atoms with van der Waals surface area (Å²) in [6.07, 6.45) is 5.07. The summed E-state index contributed by atoms with van der Waals surface area (Å²) in [7, 11) is 0. The quantitative estimate of drug-likeness (QED) is 0.835. The van der Waals surface area contributed by atoms with Gasteiger partial charge in [-0.2, -0.15) is 0 Å². The number of likely N-dealkylation sites (N-methyl/N-ethyl adjacent to an activating group) is 1. The number of rotatable bonds is 7. The van der Waals surface area contributed by atoms with E-state index < -0.39 is 0 Å². The fraction of sp³-hybridized carbons (Fsp3) is 0.500. The molecule has 0 bridgehead atoms. The Morgan fingerprint density at radius 2 is 1.86 bits per heavy atom. The van der Waals surface area contributed by atoms with E-state index in [2.05, 4.69) is 73.0 Å². The van der Waals surface area contributed by atoms with E-state index in [1.165, 1.54) is 11.1 Å². The van der Waals surface area contributed by atoms with E-state index in [0.29, 0.717) is 12.0 Å². The first kappa shape index (κ1) is 15.8. The Bertz CT molecular complexity index is 540. The maximum atomic E-state index is 4.49. The van der Waals surface area contributed by atoms with Crippen LogP contribution in [0.5, 0.6) is 0 Å². The molecule has 0 amide bonds. The molecule has 0 saturated heterocycles. The van der Waals surface area contributed by atoms with E-state index in [-0.39, 0.29) is 0 Å². The number of aryl methyl sites for hydroxylation is 1. The SMILES string of the molecule is CCNC(Cn1ccnc1C(C)C)c1ccc(CC)cc1. The molecule has 0 fully saturated rings. The van der Waals surface area contributed by atoms with Gasteiger partial charge in [0, 0.05) is 24.9 Å². The third-order valence-electron chi connectivity index (χ3n) is 3.88. The molecule has 1 aromatic heterocycles. The van der Waals surface area contributed by atoms with Crippen LogP contribution in [-0.2, 0) is 13.0 Å². The lowest BCUT2D eigenvalue weighted by Gasteiger charge is -2.21. The zero-order chi connectivity index (χ0) is 15.2. The maximum Gasteiger partial charge on any atom is 0.111 e. The molecule has 114 valence electrons. The van der Waals surface area contributed by atoms with Crippen LogP contribution in [0.4, 0.5) is 0 Å². The molecule has 0 aliphatic heterocycles. The highest BCUT2D eigenvalue weighted by Crippen LogP contribution is 2.19. The summed E-state index contributed by atoms with van der Waals surface area (Å²) < 4.78 is 2.27. The molecule has 1 heterocycles. The van der Waals surface area contributed by atoms with Crippen molar-refractivity contribution in [3.63, 3.8) is 0 Å². The van der Waals surface area contributed by atoms with Gasteiger partial charge in [-0.3, -0.25) is 0 Å². The topological polar surface area (TPSA) is 29.9 Å². The van der Waals surface area contributed by atoms with Gasteiger partial charge in [0.05, 0.1) is 6.04 Å². The first-order valence-corrected chi connectivity index (χ1v) is 7.98. The lowest BCUT2D eigenvalue weighted by molar-refractivity contribution is 0.460. The van der Waals surface area contributed by atoms with Gasteiger partial charge >= 0.3 is 0 Å². The molecule has 0 aliphatic rings. The van der Waals surface area contributed by atoms with Crippen molar-refractivity contribution in [3.05, 3.63) is 53.6 Å². The minimum absolute atomic E-state index is 0.326. The Balaban J connectivity index is 2.19. The second-order valence-corrected chi connectivity index (χ2v) is 5.80. The van der Waals surface area contributed by atoms with Crippen molar-refractivity contribution in [1.29, 1.82) is 0 Å². The molecular formula is C18H27N3. The molecule has 0 spiro atoms. The van der Waals surface area contributed by atoms with Crippen molar-refractivity contribution in [1.82, 2.24) is 14.9 Å². The van der Waals surface area contributed by atoms with E-state index in [0.717, 1.165) is 25.3 Å². The third kappa shape index (κ3) is 3.94. The summed E-state index contributed by atoms with van der Waals surface area (Å²) in [5, 5.41) is 3.59. The van der Waals surface area contributed by atoms with Crippen LogP contribution in [0, 0.1) is 0 Å². The van der Waals surface area contributed by atoms with E-state index in [4.69, 9.17) is 0 Å². The molecule has 1 aromatic carbocycles. The molecule has 0 radical (unpaired) electrons. The van der Waals surface area contributed by atoms with Crippen molar-refractivity contribution in [2.24, 2.45) is 0 Å². The van der Waals surface area contributed by atoms with Crippen LogP contribution >= 0.6 is 0 Å². The first-order valence-electron chi connectivity index (χ1n) is 7.98. The van der Waals surface area contributed by atoms with E-state index in [9.17, 15) is 0 Å². The normalized spacial score (nSPS) is 12.8. The number of benzene rings is 1. The zero-order valence-electron chi connectivity index (χ0n) is 13.6. The van der Waals surface area contributed by atoms with Crippen molar-refractivity contribution < 1.29 is 0 Å². The Morgan fingerprint density at radius 3 is 2.43 bits per heavy atom. The minimum atomic E-state index is 0.326. The third-order valence-corrected chi connectivity index (χ3v) is 3.88. The number of hydrogen-bond donors (Lipinski definition) is 1. The minimum Gasteiger partial charge on any atom is -0.333 e. The number of nitrogens with zero attached hydrogens (tertiary/aromatic N) is 2. The van der Waals surface area contributed by atoms with E-state index in [1.807, 2.05) is 6.20 Å². The smallest absolute Gasteiger partial charge is 0.111 e. The molecule has 0 aliphatic carbocycles. The van der Waals surface area contributed by atoms with Gasteiger partial charge in [-0.25, -0.2) is 4.98 Å². The second-order valence-electron chi connectivity index (χ2n) is 5.80. The summed E-state index contributed by atoms with van der Waals surface area (Å²) in [6.45, 7) is 10.6. The van der Waals surface area contributed by atoms with Crippen LogP contribution in [0.3, 0.4) is 0 Å². The van der Waals surface area contributed by atoms with Crippen molar-refractivity contribution >= 4 is 0 Å². The molecule has 2 aromatic rings. The predicted molar refractivity (Wildman–Crippen MR) is 88.6 cm³/mol. The van der Waals surface area contributed by atoms with Crippen LogP contribution in [0.2, 0.25) is 0 Å². The summed E-state index contributed by atoms with van der Waals surface area (Å²) in [6, 6.07) is 9.29. The summed E-state index contributed by atoms with van der Waals surface area (Å²) in [4.78, 5) is 4.49. The molecule has 1 N–H and O–H groups in total. The number of nitrogens with one attached hydrogen (secondary N) is 1. The van der Waals surface area contributed by atoms with Crippen molar-refractivity contribution in [2.45, 2.75) is 52.6 Å². The molecule has 3 nitrogen and oxygen atoms in total. The van der Waals surface area contributed by atoms with Crippen molar-refractivity contribution in [2.75, 3.05) is 6.54 Å².